The minimum Gasteiger partial charge on any atom is -0.502 e. The molecule has 0 aliphatic carbocycles. The highest BCUT2D eigenvalue weighted by Gasteiger charge is 2.29. The lowest BCUT2D eigenvalue weighted by Crippen LogP contribution is -2.41. The number of ether oxygens (including phenoxy) is 2. The molecule has 1 fully saturated rings. The molecule has 3 aromatic rings. The third-order valence-corrected chi connectivity index (χ3v) is 5.54. The first kappa shape index (κ1) is 21.1. The fourth-order valence-electron chi connectivity index (χ4n) is 4.02. The second-order valence-electron chi connectivity index (χ2n) is 7.54. The van der Waals surface area contributed by atoms with E-state index in [0.29, 0.717) is 32.1 Å². The molecular formula is C24H25NO6. The summed E-state index contributed by atoms with van der Waals surface area (Å²) in [6, 6.07) is 14.8. The lowest BCUT2D eigenvalue weighted by Gasteiger charge is -2.29. The van der Waals surface area contributed by atoms with Crippen molar-refractivity contribution < 1.29 is 23.8 Å². The van der Waals surface area contributed by atoms with Crippen molar-refractivity contribution in [1.29, 1.82) is 0 Å². The molecule has 1 N–H and O–H groups in total. The van der Waals surface area contributed by atoms with Crippen LogP contribution in [0.1, 0.15) is 29.4 Å². The van der Waals surface area contributed by atoms with Crippen molar-refractivity contribution in [1.82, 2.24) is 4.90 Å². The Bertz CT molecular complexity index is 1130. The lowest BCUT2D eigenvalue weighted by atomic mass is 9.88. The maximum absolute atomic E-state index is 13.1. The van der Waals surface area contributed by atoms with E-state index in [4.69, 9.17) is 13.9 Å². The van der Waals surface area contributed by atoms with Gasteiger partial charge in [0.15, 0.2) is 5.76 Å². The Morgan fingerprint density at radius 1 is 1.16 bits per heavy atom. The number of hydrogen-bond donors (Lipinski definition) is 1. The summed E-state index contributed by atoms with van der Waals surface area (Å²) in [7, 11) is 1.50. The average Bonchev–Trinajstić information content (AvgIpc) is 2.80. The molecule has 2 aromatic carbocycles. The molecule has 0 saturated carbocycles. The van der Waals surface area contributed by atoms with Crippen molar-refractivity contribution in [2.24, 2.45) is 0 Å². The molecule has 1 amide bonds. The van der Waals surface area contributed by atoms with E-state index < -0.39 is 17.1 Å². The quantitative estimate of drug-likeness (QED) is 0.656. The summed E-state index contributed by atoms with van der Waals surface area (Å²) in [5.41, 5.74) is 0.255. The number of carbonyl (C=O) groups is 1. The second kappa shape index (κ2) is 9.32. The molecule has 31 heavy (non-hydrogen) atoms. The van der Waals surface area contributed by atoms with E-state index in [9.17, 15) is 14.7 Å². The van der Waals surface area contributed by atoms with Gasteiger partial charge in [-0.3, -0.25) is 9.59 Å². The predicted octanol–water partition coefficient (Wildman–Crippen LogP) is 3.03. The number of methoxy groups -OCH3 is 1. The van der Waals surface area contributed by atoms with E-state index in [0.717, 1.165) is 16.3 Å². The van der Waals surface area contributed by atoms with Gasteiger partial charge in [0.1, 0.15) is 12.4 Å². The molecule has 1 aliphatic heterocycles. The van der Waals surface area contributed by atoms with Crippen molar-refractivity contribution in [3.8, 4) is 5.75 Å². The molecule has 0 spiro atoms. The highest BCUT2D eigenvalue weighted by molar-refractivity contribution is 5.88. The number of aromatic hydroxyl groups is 1. The molecular weight excluding hydrogens is 398 g/mol. The fourth-order valence-corrected chi connectivity index (χ4v) is 4.02. The first-order chi connectivity index (χ1) is 15.1. The fraction of sp³-hybridized carbons (Fsp3) is 0.333. The van der Waals surface area contributed by atoms with Gasteiger partial charge in [-0.1, -0.05) is 42.5 Å². The van der Waals surface area contributed by atoms with Crippen molar-refractivity contribution in [3.63, 3.8) is 0 Å². The first-order valence-electron chi connectivity index (χ1n) is 10.3. The summed E-state index contributed by atoms with van der Waals surface area (Å²) in [5, 5.41) is 12.6. The Balaban J connectivity index is 1.83. The van der Waals surface area contributed by atoms with Gasteiger partial charge >= 0.3 is 0 Å². The number of nitrogens with zero attached hydrogens (tertiary/aromatic N) is 1. The predicted molar refractivity (Wildman–Crippen MR) is 115 cm³/mol. The van der Waals surface area contributed by atoms with Crippen LogP contribution in [0.25, 0.3) is 10.8 Å². The van der Waals surface area contributed by atoms with Crippen LogP contribution in [0, 0.1) is 0 Å². The van der Waals surface area contributed by atoms with Crippen LogP contribution in [0.4, 0.5) is 0 Å². The third-order valence-electron chi connectivity index (χ3n) is 5.54. The summed E-state index contributed by atoms with van der Waals surface area (Å²) >= 11 is 0. The Morgan fingerprint density at radius 3 is 2.68 bits per heavy atom. The zero-order valence-corrected chi connectivity index (χ0v) is 17.4. The summed E-state index contributed by atoms with van der Waals surface area (Å²) in [6.45, 7) is 2.10. The molecule has 1 aliphatic rings. The Kier molecular flexibility index (Phi) is 6.34. The smallest absolute Gasteiger partial charge is 0.227 e. The summed E-state index contributed by atoms with van der Waals surface area (Å²) in [5.74, 6) is -0.819. The zero-order chi connectivity index (χ0) is 21.8. The number of hydrogen-bond acceptors (Lipinski definition) is 6. The van der Waals surface area contributed by atoms with Crippen molar-refractivity contribution in [3.05, 3.63) is 75.8 Å². The summed E-state index contributed by atoms with van der Waals surface area (Å²) in [4.78, 5) is 27.3. The number of rotatable bonds is 6. The van der Waals surface area contributed by atoms with Crippen LogP contribution in [0.15, 0.2) is 57.7 Å². The standard InChI is InChI=1S/C24H25NO6/c1-29-15-17-13-21(26)23(28)24(31-17)20(14-22(27)25-9-11-30-12-10-25)19-8-4-6-16-5-2-3-7-18(16)19/h2-8,13,20,28H,9-12,14-15H2,1H3. The van der Waals surface area contributed by atoms with E-state index in [1.165, 1.54) is 13.2 Å². The second-order valence-corrected chi connectivity index (χ2v) is 7.54. The Hall–Kier alpha value is -3.16. The van der Waals surface area contributed by atoms with Crippen LogP contribution < -0.4 is 5.43 Å². The largest absolute Gasteiger partial charge is 0.502 e. The molecule has 1 atom stereocenters. The van der Waals surface area contributed by atoms with E-state index in [2.05, 4.69) is 0 Å². The Labute approximate surface area is 179 Å². The number of amides is 1. The van der Waals surface area contributed by atoms with Crippen molar-refractivity contribution in [2.75, 3.05) is 33.4 Å². The van der Waals surface area contributed by atoms with Crippen molar-refractivity contribution >= 4 is 16.7 Å². The van der Waals surface area contributed by atoms with Gasteiger partial charge in [0, 0.05) is 32.7 Å². The highest BCUT2D eigenvalue weighted by Crippen LogP contribution is 2.37. The van der Waals surface area contributed by atoms with E-state index in [-0.39, 0.29) is 24.7 Å². The van der Waals surface area contributed by atoms with Gasteiger partial charge in [-0.05, 0) is 16.3 Å². The SMILES string of the molecule is COCc1cc(=O)c(O)c(C(CC(=O)N2CCOCC2)c2cccc3ccccc23)o1. The average molecular weight is 423 g/mol. The number of fused-ring (bicyclic) bond motifs is 1. The van der Waals surface area contributed by atoms with E-state index in [1.54, 1.807) is 4.90 Å². The van der Waals surface area contributed by atoms with Crippen LogP contribution >= 0.6 is 0 Å². The summed E-state index contributed by atoms with van der Waals surface area (Å²) in [6.07, 6.45) is 0.0565. The topological polar surface area (TPSA) is 89.2 Å². The minimum atomic E-state index is -0.633. The van der Waals surface area contributed by atoms with Crippen molar-refractivity contribution in [2.45, 2.75) is 18.9 Å². The number of morpholine rings is 1. The van der Waals surface area contributed by atoms with Crippen LogP contribution in [-0.2, 0) is 20.9 Å². The van der Waals surface area contributed by atoms with Crippen LogP contribution in [0.5, 0.6) is 5.75 Å². The molecule has 7 heteroatoms. The number of benzene rings is 2. The first-order valence-corrected chi connectivity index (χ1v) is 10.3. The maximum Gasteiger partial charge on any atom is 0.227 e. The van der Waals surface area contributed by atoms with Gasteiger partial charge < -0.3 is 23.9 Å². The lowest BCUT2D eigenvalue weighted by molar-refractivity contribution is -0.135. The van der Waals surface area contributed by atoms with E-state index in [1.807, 2.05) is 42.5 Å². The Morgan fingerprint density at radius 2 is 1.90 bits per heavy atom. The van der Waals surface area contributed by atoms with Crippen LogP contribution in [0.3, 0.4) is 0 Å². The molecule has 162 valence electrons. The molecule has 7 nitrogen and oxygen atoms in total. The van der Waals surface area contributed by atoms with Gasteiger partial charge in [0.05, 0.1) is 19.1 Å². The molecule has 1 aromatic heterocycles. The van der Waals surface area contributed by atoms with Gasteiger partial charge in [-0.15, -0.1) is 0 Å². The third kappa shape index (κ3) is 4.47. The van der Waals surface area contributed by atoms with Gasteiger partial charge in [0.2, 0.25) is 17.1 Å². The monoisotopic (exact) mass is 423 g/mol. The van der Waals surface area contributed by atoms with Crippen LogP contribution in [-0.4, -0.2) is 49.3 Å². The molecule has 1 unspecified atom stereocenters. The maximum atomic E-state index is 13.1. The zero-order valence-electron chi connectivity index (χ0n) is 17.4. The highest BCUT2D eigenvalue weighted by atomic mass is 16.5. The van der Waals surface area contributed by atoms with Gasteiger partial charge in [-0.2, -0.15) is 0 Å². The van der Waals surface area contributed by atoms with Gasteiger partial charge in [0.25, 0.3) is 0 Å². The molecule has 0 bridgehead atoms. The molecule has 2 heterocycles. The van der Waals surface area contributed by atoms with Crippen LogP contribution in [0.2, 0.25) is 0 Å². The number of carbonyl (C=O) groups excluding carboxylic acids is 1. The normalized spacial score (nSPS) is 15.2. The molecule has 0 radical (unpaired) electrons. The molecule has 1 saturated heterocycles. The van der Waals surface area contributed by atoms with Gasteiger partial charge in [-0.25, -0.2) is 0 Å². The minimum absolute atomic E-state index is 0.0565. The summed E-state index contributed by atoms with van der Waals surface area (Å²) < 4.78 is 16.4. The van der Waals surface area contributed by atoms with E-state index >= 15 is 0 Å². The molecule has 4 rings (SSSR count).